The molecular formula is C14H12BrClN4. The summed E-state index contributed by atoms with van der Waals surface area (Å²) in [5, 5.41) is 1.53. The first kappa shape index (κ1) is 13.4. The number of halogens is 2. The van der Waals surface area contributed by atoms with Gasteiger partial charge in [0.1, 0.15) is 12.1 Å². The van der Waals surface area contributed by atoms with Crippen LogP contribution in [0.3, 0.4) is 0 Å². The minimum atomic E-state index is 0.489. The molecule has 2 heterocycles. The van der Waals surface area contributed by atoms with E-state index in [1.54, 1.807) is 0 Å². The van der Waals surface area contributed by atoms with E-state index in [0.717, 1.165) is 32.5 Å². The minimum Gasteiger partial charge on any atom is -0.383 e. The van der Waals surface area contributed by atoms with Crippen LogP contribution in [-0.4, -0.2) is 14.5 Å². The number of nitrogen functional groups attached to an aromatic ring is 1. The van der Waals surface area contributed by atoms with Crippen LogP contribution in [0.4, 0.5) is 5.82 Å². The van der Waals surface area contributed by atoms with Gasteiger partial charge in [-0.15, -0.1) is 0 Å². The van der Waals surface area contributed by atoms with Crippen molar-refractivity contribution in [3.63, 3.8) is 0 Å². The van der Waals surface area contributed by atoms with Crippen molar-refractivity contribution in [3.05, 3.63) is 45.3 Å². The number of fused-ring (bicyclic) bond motifs is 1. The fraction of sp³-hybridized carbons (Fsp3) is 0.143. The van der Waals surface area contributed by atoms with Gasteiger partial charge < -0.3 is 5.73 Å². The quantitative estimate of drug-likeness (QED) is 0.720. The molecule has 3 rings (SSSR count). The number of anilines is 1. The van der Waals surface area contributed by atoms with Gasteiger partial charge in [0.25, 0.3) is 0 Å². The number of hydrogen-bond acceptors (Lipinski definition) is 3. The number of rotatable bonds is 1. The highest BCUT2D eigenvalue weighted by Gasteiger charge is 2.17. The van der Waals surface area contributed by atoms with Gasteiger partial charge in [-0.3, -0.25) is 4.57 Å². The molecule has 2 aromatic heterocycles. The molecule has 0 radical (unpaired) electrons. The molecule has 0 bridgehead atoms. The Balaban J connectivity index is 2.42. The first-order valence-electron chi connectivity index (χ1n) is 6.04. The smallest absolute Gasteiger partial charge is 0.150 e. The van der Waals surface area contributed by atoms with Gasteiger partial charge in [0, 0.05) is 10.2 Å². The highest BCUT2D eigenvalue weighted by molar-refractivity contribution is 9.10. The van der Waals surface area contributed by atoms with E-state index in [-0.39, 0.29) is 0 Å². The molecule has 0 amide bonds. The maximum Gasteiger partial charge on any atom is 0.150 e. The maximum atomic E-state index is 6.36. The number of aromatic nitrogens is 3. The Morgan fingerprint density at radius 3 is 2.70 bits per heavy atom. The summed E-state index contributed by atoms with van der Waals surface area (Å²) >= 11 is 9.77. The normalized spacial score (nSPS) is 11.2. The maximum absolute atomic E-state index is 6.36. The number of aryl methyl sites for hydroxylation is 1. The lowest BCUT2D eigenvalue weighted by molar-refractivity contribution is 1.01. The lowest BCUT2D eigenvalue weighted by Gasteiger charge is -2.10. The van der Waals surface area contributed by atoms with Gasteiger partial charge in [0.2, 0.25) is 0 Å². The Morgan fingerprint density at radius 1 is 1.25 bits per heavy atom. The lowest BCUT2D eigenvalue weighted by Crippen LogP contribution is -2.00. The second-order valence-corrected chi connectivity index (χ2v) is 5.92. The fourth-order valence-corrected chi connectivity index (χ4v) is 3.14. The molecule has 3 aromatic rings. The van der Waals surface area contributed by atoms with Crippen LogP contribution in [0.5, 0.6) is 0 Å². The topological polar surface area (TPSA) is 56.7 Å². The van der Waals surface area contributed by atoms with E-state index in [9.17, 15) is 0 Å². The zero-order valence-corrected chi connectivity index (χ0v) is 13.3. The van der Waals surface area contributed by atoms with Crippen LogP contribution in [0, 0.1) is 13.8 Å². The van der Waals surface area contributed by atoms with Crippen LogP contribution in [-0.2, 0) is 0 Å². The molecule has 20 heavy (non-hydrogen) atoms. The third-order valence-corrected chi connectivity index (χ3v) is 4.27. The molecule has 0 spiro atoms. The van der Waals surface area contributed by atoms with Crippen LogP contribution in [0.2, 0.25) is 5.02 Å². The number of benzene rings is 1. The molecule has 0 atom stereocenters. The molecule has 0 fully saturated rings. The van der Waals surface area contributed by atoms with Crippen LogP contribution in [0.25, 0.3) is 16.7 Å². The van der Waals surface area contributed by atoms with Gasteiger partial charge in [-0.25, -0.2) is 9.97 Å². The molecule has 102 valence electrons. The van der Waals surface area contributed by atoms with Crippen molar-refractivity contribution in [2.45, 2.75) is 13.8 Å². The number of nitrogens with zero attached hydrogens (tertiary/aromatic N) is 3. The third kappa shape index (κ3) is 1.89. The third-order valence-electron chi connectivity index (χ3n) is 3.47. The molecule has 0 aliphatic rings. The second-order valence-electron chi connectivity index (χ2n) is 4.60. The van der Waals surface area contributed by atoms with Crippen molar-refractivity contribution in [1.82, 2.24) is 14.5 Å². The van der Waals surface area contributed by atoms with Crippen molar-refractivity contribution in [2.24, 2.45) is 0 Å². The first-order valence-corrected chi connectivity index (χ1v) is 7.21. The Labute approximate surface area is 129 Å². The van der Waals surface area contributed by atoms with Crippen LogP contribution in [0.15, 0.2) is 29.0 Å². The average molecular weight is 352 g/mol. The molecule has 0 aliphatic carbocycles. The van der Waals surface area contributed by atoms with E-state index < -0.39 is 0 Å². The van der Waals surface area contributed by atoms with Crippen molar-refractivity contribution in [1.29, 1.82) is 0 Å². The van der Waals surface area contributed by atoms with E-state index in [1.165, 1.54) is 6.33 Å². The van der Waals surface area contributed by atoms with Gasteiger partial charge in [0.05, 0.1) is 16.1 Å². The van der Waals surface area contributed by atoms with Crippen LogP contribution in [0.1, 0.15) is 11.3 Å². The van der Waals surface area contributed by atoms with E-state index >= 15 is 0 Å². The summed E-state index contributed by atoms with van der Waals surface area (Å²) in [4.78, 5) is 8.43. The Kier molecular flexibility index (Phi) is 3.18. The van der Waals surface area contributed by atoms with Gasteiger partial charge in [-0.2, -0.15) is 0 Å². The van der Waals surface area contributed by atoms with Crippen molar-refractivity contribution in [2.75, 3.05) is 5.73 Å². The standard InChI is InChI=1S/C14H12BrClN4/c1-7-8(2)20(11-4-3-9(15)5-10(11)16)14-12(7)13(17)18-6-19-14/h3-6H,1-2H3,(H2,17,18,19). The zero-order chi connectivity index (χ0) is 14.4. The largest absolute Gasteiger partial charge is 0.383 e. The highest BCUT2D eigenvalue weighted by atomic mass is 79.9. The summed E-state index contributed by atoms with van der Waals surface area (Å²) < 4.78 is 2.95. The van der Waals surface area contributed by atoms with E-state index in [0.29, 0.717) is 10.8 Å². The van der Waals surface area contributed by atoms with Gasteiger partial charge >= 0.3 is 0 Å². The molecule has 2 N–H and O–H groups in total. The summed E-state index contributed by atoms with van der Waals surface area (Å²) in [6.45, 7) is 4.04. The second kappa shape index (κ2) is 4.75. The SMILES string of the molecule is Cc1c(C)n(-c2ccc(Br)cc2Cl)c2ncnc(N)c12. The Bertz CT molecular complexity index is 826. The first-order chi connectivity index (χ1) is 9.50. The molecule has 4 nitrogen and oxygen atoms in total. The summed E-state index contributed by atoms with van der Waals surface area (Å²) in [5.41, 5.74) is 9.75. The van der Waals surface area contributed by atoms with Crippen molar-refractivity contribution in [3.8, 4) is 5.69 Å². The monoisotopic (exact) mass is 350 g/mol. The van der Waals surface area contributed by atoms with Gasteiger partial charge in [-0.05, 0) is 37.6 Å². The number of nitrogens with two attached hydrogens (primary N) is 1. The van der Waals surface area contributed by atoms with E-state index in [2.05, 4.69) is 25.9 Å². The molecule has 0 saturated carbocycles. The predicted octanol–water partition coefficient (Wildman–Crippen LogP) is 4.04. The van der Waals surface area contributed by atoms with E-state index in [4.69, 9.17) is 17.3 Å². The average Bonchev–Trinajstić information content (AvgIpc) is 2.64. The summed E-state index contributed by atoms with van der Waals surface area (Å²) in [6, 6.07) is 5.77. The molecule has 0 aliphatic heterocycles. The van der Waals surface area contributed by atoms with Crippen LogP contribution >= 0.6 is 27.5 Å². The zero-order valence-electron chi connectivity index (χ0n) is 11.0. The van der Waals surface area contributed by atoms with Crippen LogP contribution < -0.4 is 5.73 Å². The summed E-state index contributed by atoms with van der Waals surface area (Å²) in [6.07, 6.45) is 1.47. The van der Waals surface area contributed by atoms with Crippen molar-refractivity contribution >= 4 is 44.4 Å². The summed E-state index contributed by atoms with van der Waals surface area (Å²) in [7, 11) is 0. The summed E-state index contributed by atoms with van der Waals surface area (Å²) in [5.74, 6) is 0.489. The predicted molar refractivity (Wildman–Crippen MR) is 85.5 cm³/mol. The highest BCUT2D eigenvalue weighted by Crippen LogP contribution is 2.33. The van der Waals surface area contributed by atoms with Gasteiger partial charge in [-0.1, -0.05) is 27.5 Å². The Hall–Kier alpha value is -1.59. The van der Waals surface area contributed by atoms with Crippen molar-refractivity contribution < 1.29 is 0 Å². The molecule has 6 heteroatoms. The molecule has 0 saturated heterocycles. The molecule has 0 unspecified atom stereocenters. The lowest BCUT2D eigenvalue weighted by atomic mass is 10.2. The Morgan fingerprint density at radius 2 is 2.00 bits per heavy atom. The van der Waals surface area contributed by atoms with E-state index in [1.807, 2.05) is 36.6 Å². The molecular weight excluding hydrogens is 340 g/mol. The fourth-order valence-electron chi connectivity index (χ4n) is 2.38. The molecule has 1 aromatic carbocycles. The number of hydrogen-bond donors (Lipinski definition) is 1. The van der Waals surface area contributed by atoms with Gasteiger partial charge in [0.15, 0.2) is 5.65 Å². The minimum absolute atomic E-state index is 0.489.